The number of fused-ring (bicyclic) bond motifs is 1. The number of aromatic nitrogens is 2. The van der Waals surface area contributed by atoms with Gasteiger partial charge >= 0.3 is 12.1 Å². The lowest BCUT2D eigenvalue weighted by Gasteiger charge is -2.21. The molecule has 0 radical (unpaired) electrons. The molecule has 1 N–H and O–H groups in total. The van der Waals surface area contributed by atoms with Crippen molar-refractivity contribution in [1.29, 1.82) is 0 Å². The standard InChI is InChI=1S/C17H25N3O4/c1-23-16(21)15-13(19-20-10-6-5-9-14(15)20)11-18-17(22)24-12-7-3-2-4-8-12/h12H,2-11H2,1H3,(H,18,22). The van der Waals surface area contributed by atoms with E-state index in [2.05, 4.69) is 10.4 Å². The van der Waals surface area contributed by atoms with Crippen LogP contribution >= 0.6 is 0 Å². The fraction of sp³-hybridized carbons (Fsp3) is 0.706. The van der Waals surface area contributed by atoms with E-state index in [0.29, 0.717) is 11.3 Å². The first-order chi connectivity index (χ1) is 11.7. The number of methoxy groups -OCH3 is 1. The SMILES string of the molecule is COC(=O)c1c(CNC(=O)OC2CCCCC2)nn2c1CCCC2. The Bertz CT molecular complexity index is 605. The van der Waals surface area contributed by atoms with E-state index >= 15 is 0 Å². The van der Waals surface area contributed by atoms with Gasteiger partial charge in [-0.05, 0) is 44.9 Å². The number of carbonyl (C=O) groups excluding carboxylic acids is 2. The summed E-state index contributed by atoms with van der Waals surface area (Å²) in [6.45, 7) is 0.974. The van der Waals surface area contributed by atoms with Gasteiger partial charge in [-0.3, -0.25) is 4.68 Å². The molecule has 1 saturated carbocycles. The Labute approximate surface area is 141 Å². The maximum Gasteiger partial charge on any atom is 0.407 e. The molecule has 7 nitrogen and oxygen atoms in total. The fourth-order valence-corrected chi connectivity index (χ4v) is 3.54. The third-order valence-electron chi connectivity index (χ3n) is 4.78. The molecule has 0 spiro atoms. The fourth-order valence-electron chi connectivity index (χ4n) is 3.54. The second kappa shape index (κ2) is 7.68. The van der Waals surface area contributed by atoms with Crippen molar-refractivity contribution in [2.45, 2.75) is 70.6 Å². The molecule has 0 bridgehead atoms. The Morgan fingerprint density at radius 2 is 2.00 bits per heavy atom. The summed E-state index contributed by atoms with van der Waals surface area (Å²) in [5.41, 5.74) is 1.96. The van der Waals surface area contributed by atoms with Crippen LogP contribution in [0.5, 0.6) is 0 Å². The molecule has 2 aliphatic rings. The van der Waals surface area contributed by atoms with E-state index in [4.69, 9.17) is 9.47 Å². The van der Waals surface area contributed by atoms with Crippen LogP contribution in [0.15, 0.2) is 0 Å². The highest BCUT2D eigenvalue weighted by Crippen LogP contribution is 2.23. The molecule has 0 unspecified atom stereocenters. The van der Waals surface area contributed by atoms with Crippen LogP contribution in [0.3, 0.4) is 0 Å². The molecule has 1 aromatic rings. The van der Waals surface area contributed by atoms with Crippen LogP contribution in [-0.4, -0.2) is 35.1 Å². The summed E-state index contributed by atoms with van der Waals surface area (Å²) in [7, 11) is 1.36. The van der Waals surface area contributed by atoms with Gasteiger partial charge in [0.05, 0.1) is 25.0 Å². The van der Waals surface area contributed by atoms with E-state index in [1.54, 1.807) is 0 Å². The number of hydrogen-bond acceptors (Lipinski definition) is 5. The average Bonchev–Trinajstić information content (AvgIpc) is 2.98. The number of amides is 1. The number of hydrogen-bond donors (Lipinski definition) is 1. The summed E-state index contributed by atoms with van der Waals surface area (Å²) in [6, 6.07) is 0. The summed E-state index contributed by atoms with van der Waals surface area (Å²) in [5.74, 6) is -0.393. The number of nitrogens with one attached hydrogen (secondary N) is 1. The van der Waals surface area contributed by atoms with Crippen molar-refractivity contribution in [3.05, 3.63) is 17.0 Å². The van der Waals surface area contributed by atoms with E-state index in [1.807, 2.05) is 4.68 Å². The normalized spacial score (nSPS) is 17.9. The molecule has 0 saturated heterocycles. The summed E-state index contributed by atoms with van der Waals surface area (Å²) < 4.78 is 12.2. The van der Waals surface area contributed by atoms with E-state index in [9.17, 15) is 9.59 Å². The predicted octanol–water partition coefficient (Wildman–Crippen LogP) is 2.56. The molecular formula is C17H25N3O4. The van der Waals surface area contributed by atoms with Gasteiger partial charge in [-0.2, -0.15) is 5.10 Å². The minimum Gasteiger partial charge on any atom is -0.465 e. The van der Waals surface area contributed by atoms with Crippen LogP contribution in [0.25, 0.3) is 0 Å². The van der Waals surface area contributed by atoms with Crippen molar-refractivity contribution >= 4 is 12.1 Å². The van der Waals surface area contributed by atoms with Crippen LogP contribution < -0.4 is 5.32 Å². The molecule has 1 aliphatic carbocycles. The maximum absolute atomic E-state index is 12.1. The summed E-state index contributed by atoms with van der Waals surface area (Å²) in [5, 5.41) is 7.21. The molecule has 132 valence electrons. The lowest BCUT2D eigenvalue weighted by molar-refractivity contribution is 0.0595. The number of nitrogens with zero attached hydrogens (tertiary/aromatic N) is 2. The highest BCUT2D eigenvalue weighted by Gasteiger charge is 2.26. The molecule has 24 heavy (non-hydrogen) atoms. The van der Waals surface area contributed by atoms with Crippen LogP contribution in [0.1, 0.15) is 66.7 Å². The number of ether oxygens (including phenoxy) is 2. The van der Waals surface area contributed by atoms with E-state index in [1.165, 1.54) is 13.5 Å². The molecule has 3 rings (SSSR count). The van der Waals surface area contributed by atoms with Gasteiger partial charge in [0.1, 0.15) is 11.7 Å². The zero-order chi connectivity index (χ0) is 16.9. The van der Waals surface area contributed by atoms with Crippen LogP contribution in [0, 0.1) is 0 Å². The summed E-state index contributed by atoms with van der Waals surface area (Å²) >= 11 is 0. The first-order valence-corrected chi connectivity index (χ1v) is 8.80. The van der Waals surface area contributed by atoms with Gasteiger partial charge in [-0.25, -0.2) is 9.59 Å². The minimum absolute atomic E-state index is 0.00836. The largest absolute Gasteiger partial charge is 0.465 e. The Hall–Kier alpha value is -2.05. The van der Waals surface area contributed by atoms with Crippen molar-refractivity contribution in [2.24, 2.45) is 0 Å². The van der Waals surface area contributed by atoms with Gasteiger partial charge < -0.3 is 14.8 Å². The molecule has 1 aliphatic heterocycles. The third-order valence-corrected chi connectivity index (χ3v) is 4.78. The number of aryl methyl sites for hydroxylation is 1. The number of esters is 1. The van der Waals surface area contributed by atoms with Crippen LogP contribution in [0.4, 0.5) is 4.79 Å². The number of alkyl carbamates (subject to hydrolysis) is 1. The molecule has 0 aromatic carbocycles. The van der Waals surface area contributed by atoms with Gasteiger partial charge in [-0.15, -0.1) is 0 Å². The second-order valence-corrected chi connectivity index (χ2v) is 6.46. The number of rotatable bonds is 4. The maximum atomic E-state index is 12.1. The van der Waals surface area contributed by atoms with Crippen molar-refractivity contribution in [2.75, 3.05) is 7.11 Å². The smallest absolute Gasteiger partial charge is 0.407 e. The van der Waals surface area contributed by atoms with Gasteiger partial charge in [0.15, 0.2) is 0 Å². The summed E-state index contributed by atoms with van der Waals surface area (Å²) in [6.07, 6.45) is 7.75. The van der Waals surface area contributed by atoms with Crippen molar-refractivity contribution < 1.29 is 19.1 Å². The Morgan fingerprint density at radius 3 is 2.75 bits per heavy atom. The monoisotopic (exact) mass is 335 g/mol. The quantitative estimate of drug-likeness (QED) is 0.855. The van der Waals surface area contributed by atoms with E-state index < -0.39 is 12.1 Å². The van der Waals surface area contributed by atoms with Crippen LogP contribution in [-0.2, 0) is 29.0 Å². The molecule has 2 heterocycles. The minimum atomic E-state index is -0.441. The highest BCUT2D eigenvalue weighted by atomic mass is 16.6. The van der Waals surface area contributed by atoms with Gasteiger partial charge in [0.2, 0.25) is 0 Å². The third kappa shape index (κ3) is 3.71. The molecule has 1 amide bonds. The van der Waals surface area contributed by atoms with Gasteiger partial charge in [0, 0.05) is 6.54 Å². The van der Waals surface area contributed by atoms with E-state index in [0.717, 1.165) is 57.2 Å². The Balaban J connectivity index is 1.64. The first kappa shape index (κ1) is 16.8. The summed E-state index contributed by atoms with van der Waals surface area (Å²) in [4.78, 5) is 24.1. The highest BCUT2D eigenvalue weighted by molar-refractivity contribution is 5.92. The molecule has 0 atom stereocenters. The Kier molecular flexibility index (Phi) is 5.37. The van der Waals surface area contributed by atoms with E-state index in [-0.39, 0.29) is 12.6 Å². The molecule has 7 heteroatoms. The lowest BCUT2D eigenvalue weighted by atomic mass is 9.98. The number of carbonyl (C=O) groups is 2. The average molecular weight is 335 g/mol. The molecule has 1 fully saturated rings. The van der Waals surface area contributed by atoms with Gasteiger partial charge in [-0.1, -0.05) is 6.42 Å². The lowest BCUT2D eigenvalue weighted by Crippen LogP contribution is -2.30. The first-order valence-electron chi connectivity index (χ1n) is 8.80. The zero-order valence-corrected chi connectivity index (χ0v) is 14.2. The predicted molar refractivity (Wildman–Crippen MR) is 86.7 cm³/mol. The second-order valence-electron chi connectivity index (χ2n) is 6.46. The molecular weight excluding hydrogens is 310 g/mol. The molecule has 1 aromatic heterocycles. The van der Waals surface area contributed by atoms with Crippen molar-refractivity contribution in [3.8, 4) is 0 Å². The topological polar surface area (TPSA) is 82.4 Å². The zero-order valence-electron chi connectivity index (χ0n) is 14.2. The van der Waals surface area contributed by atoms with Crippen molar-refractivity contribution in [1.82, 2.24) is 15.1 Å². The van der Waals surface area contributed by atoms with Gasteiger partial charge in [0.25, 0.3) is 0 Å². The van der Waals surface area contributed by atoms with Crippen LogP contribution in [0.2, 0.25) is 0 Å². The van der Waals surface area contributed by atoms with Crippen molar-refractivity contribution in [3.63, 3.8) is 0 Å². The Morgan fingerprint density at radius 1 is 1.21 bits per heavy atom.